The zero-order valence-electron chi connectivity index (χ0n) is 15.0. The van der Waals surface area contributed by atoms with Crippen LogP contribution in [0.25, 0.3) is 0 Å². The van der Waals surface area contributed by atoms with E-state index < -0.39 is 11.1 Å². The van der Waals surface area contributed by atoms with Crippen LogP contribution in [0.5, 0.6) is 0 Å². The summed E-state index contributed by atoms with van der Waals surface area (Å²) in [7, 11) is 0. The van der Waals surface area contributed by atoms with E-state index in [1.807, 2.05) is 43.9 Å². The minimum atomic E-state index is -0.513. The number of ether oxygens (including phenoxy) is 1. The van der Waals surface area contributed by atoms with E-state index in [2.05, 4.69) is 12.2 Å². The molecule has 1 atom stereocenters. The molecule has 1 aliphatic rings. The quantitative estimate of drug-likeness (QED) is 0.647. The molecule has 0 aliphatic carbocycles. The summed E-state index contributed by atoms with van der Waals surface area (Å²) in [6, 6.07) is 5.81. The van der Waals surface area contributed by atoms with Gasteiger partial charge in [-0.3, -0.25) is 4.90 Å². The molecule has 0 unspecified atom stereocenters. The molecule has 0 bridgehead atoms. The van der Waals surface area contributed by atoms with E-state index in [4.69, 9.17) is 22.1 Å². The Hall–Kier alpha value is -1.46. The van der Waals surface area contributed by atoms with Gasteiger partial charge in [-0.1, -0.05) is 12.1 Å². The second-order valence-corrected chi connectivity index (χ2v) is 7.87. The van der Waals surface area contributed by atoms with Crippen LogP contribution in [0.4, 0.5) is 10.5 Å². The van der Waals surface area contributed by atoms with Crippen molar-refractivity contribution in [3.63, 3.8) is 0 Å². The molecule has 6 heteroatoms. The van der Waals surface area contributed by atoms with Crippen LogP contribution in [0.2, 0.25) is 0 Å². The number of halogens is 1. The Morgan fingerprint density at radius 1 is 1.46 bits per heavy atom. The molecule has 1 heterocycles. The first-order valence-corrected chi connectivity index (χ1v) is 8.83. The van der Waals surface area contributed by atoms with Crippen LogP contribution < -0.4 is 11.1 Å². The summed E-state index contributed by atoms with van der Waals surface area (Å²) in [6.45, 7) is 9.79. The molecule has 0 radical (unpaired) electrons. The van der Waals surface area contributed by atoms with Crippen LogP contribution in [0.15, 0.2) is 18.2 Å². The number of anilines is 1. The molecular weight excluding hydrogens is 326 g/mol. The summed E-state index contributed by atoms with van der Waals surface area (Å²) in [5.74, 6) is 0.359. The Balaban J connectivity index is 2.28. The number of nitrogens with one attached hydrogen (secondary N) is 1. The molecule has 1 aliphatic heterocycles. The number of piperazine rings is 1. The fourth-order valence-electron chi connectivity index (χ4n) is 3.09. The number of benzene rings is 1. The van der Waals surface area contributed by atoms with Crippen LogP contribution in [0.1, 0.15) is 38.8 Å². The molecule has 1 aromatic carbocycles. The van der Waals surface area contributed by atoms with Gasteiger partial charge in [0.2, 0.25) is 0 Å². The molecule has 24 heavy (non-hydrogen) atoms. The molecule has 1 amide bonds. The Morgan fingerprint density at radius 3 is 2.79 bits per heavy atom. The van der Waals surface area contributed by atoms with E-state index in [1.54, 1.807) is 0 Å². The van der Waals surface area contributed by atoms with E-state index in [0.717, 1.165) is 17.7 Å². The zero-order chi connectivity index (χ0) is 18.0. The third-order valence-electron chi connectivity index (χ3n) is 4.30. The first kappa shape index (κ1) is 18.9. The lowest BCUT2D eigenvalue weighted by atomic mass is 9.87. The number of alkyl halides is 1. The van der Waals surface area contributed by atoms with Crippen LogP contribution in [-0.4, -0.2) is 41.8 Å². The highest BCUT2D eigenvalue weighted by atomic mass is 35.5. The molecule has 1 aromatic rings. The minimum absolute atomic E-state index is 0.275. The summed E-state index contributed by atoms with van der Waals surface area (Å²) >= 11 is 6.09. The van der Waals surface area contributed by atoms with Crippen molar-refractivity contribution in [2.24, 2.45) is 0 Å². The average molecular weight is 354 g/mol. The smallest absolute Gasteiger partial charge is 0.410 e. The van der Waals surface area contributed by atoms with E-state index in [1.165, 1.54) is 0 Å². The molecule has 0 aromatic heterocycles. The molecule has 0 spiro atoms. The Kier molecular flexibility index (Phi) is 5.66. The third kappa shape index (κ3) is 4.33. The van der Waals surface area contributed by atoms with E-state index in [-0.39, 0.29) is 6.09 Å². The number of nitrogens with zero attached hydrogens (tertiary/aromatic N) is 1. The van der Waals surface area contributed by atoms with Gasteiger partial charge in [-0.2, -0.15) is 0 Å². The summed E-state index contributed by atoms with van der Waals surface area (Å²) in [5.41, 5.74) is 7.85. The van der Waals surface area contributed by atoms with Gasteiger partial charge in [-0.25, -0.2) is 4.79 Å². The number of hydrogen-bond acceptors (Lipinski definition) is 4. The lowest BCUT2D eigenvalue weighted by molar-refractivity contribution is -0.00681. The zero-order valence-corrected chi connectivity index (χ0v) is 15.7. The second kappa shape index (κ2) is 7.19. The molecule has 0 saturated carbocycles. The lowest BCUT2D eigenvalue weighted by Gasteiger charge is -2.45. The molecule has 134 valence electrons. The van der Waals surface area contributed by atoms with Gasteiger partial charge < -0.3 is 15.8 Å². The number of carbonyl (C=O) groups excluding carboxylic acids is 1. The summed E-state index contributed by atoms with van der Waals surface area (Å²) < 4.78 is 5.60. The Morgan fingerprint density at radius 2 is 2.17 bits per heavy atom. The largest absolute Gasteiger partial charge is 0.444 e. The van der Waals surface area contributed by atoms with E-state index in [9.17, 15) is 4.79 Å². The molecule has 5 nitrogen and oxygen atoms in total. The van der Waals surface area contributed by atoms with Crippen molar-refractivity contribution in [2.75, 3.05) is 25.4 Å². The molecule has 1 saturated heterocycles. The Bertz CT molecular complexity index is 600. The summed E-state index contributed by atoms with van der Waals surface area (Å²) in [5, 5.41) is 3.38. The van der Waals surface area contributed by atoms with Gasteiger partial charge in [-0.15, -0.1) is 11.6 Å². The lowest BCUT2D eigenvalue weighted by Crippen LogP contribution is -2.63. The monoisotopic (exact) mass is 353 g/mol. The number of nitrogen functional groups attached to an aromatic ring is 1. The third-order valence-corrected chi connectivity index (χ3v) is 4.56. The maximum absolute atomic E-state index is 12.7. The maximum atomic E-state index is 12.7. The van der Waals surface area contributed by atoms with Crippen molar-refractivity contribution in [2.45, 2.75) is 51.1 Å². The summed E-state index contributed by atoms with van der Waals surface area (Å²) in [6.07, 6.45) is 0.398. The topological polar surface area (TPSA) is 67.6 Å². The highest BCUT2D eigenvalue weighted by Crippen LogP contribution is 2.29. The summed E-state index contributed by atoms with van der Waals surface area (Å²) in [4.78, 5) is 14.5. The second-order valence-electron chi connectivity index (χ2n) is 7.60. The molecule has 3 N–H and O–H groups in total. The van der Waals surface area contributed by atoms with Crippen LogP contribution in [0.3, 0.4) is 0 Å². The van der Waals surface area contributed by atoms with Gasteiger partial charge in [0, 0.05) is 31.2 Å². The number of hydrogen-bond donors (Lipinski definition) is 2. The van der Waals surface area contributed by atoms with Gasteiger partial charge in [0.1, 0.15) is 5.60 Å². The predicted octanol–water partition coefficient (Wildman–Crippen LogP) is 3.15. The number of amides is 1. The predicted molar refractivity (Wildman–Crippen MR) is 98.3 cm³/mol. The van der Waals surface area contributed by atoms with Gasteiger partial charge in [0.05, 0.1) is 5.54 Å². The van der Waals surface area contributed by atoms with Crippen molar-refractivity contribution >= 4 is 23.4 Å². The number of nitrogens with two attached hydrogens (primary N) is 1. The maximum Gasteiger partial charge on any atom is 0.410 e. The SMILES string of the molecule is CC(C)(C)OC(=O)N1CCNC[C@]1(C)Cc1cccc(N)c1CCl. The standard InChI is InChI=1S/C18H28ClN3O2/c1-17(2,3)24-16(23)22-9-8-21-12-18(22,4)10-13-6-5-7-15(20)14(13)11-19/h5-7,21H,8-12,20H2,1-4H3/t18-/m0/s1. The average Bonchev–Trinajstić information content (AvgIpc) is 2.45. The highest BCUT2D eigenvalue weighted by molar-refractivity contribution is 6.17. The van der Waals surface area contributed by atoms with Crippen molar-refractivity contribution in [1.29, 1.82) is 0 Å². The van der Waals surface area contributed by atoms with Crippen molar-refractivity contribution < 1.29 is 9.53 Å². The van der Waals surface area contributed by atoms with Crippen molar-refractivity contribution in [3.05, 3.63) is 29.3 Å². The van der Waals surface area contributed by atoms with Gasteiger partial charge in [0.25, 0.3) is 0 Å². The van der Waals surface area contributed by atoms with Gasteiger partial charge in [-0.05, 0) is 51.3 Å². The molecule has 2 rings (SSSR count). The van der Waals surface area contributed by atoms with Crippen molar-refractivity contribution in [3.8, 4) is 0 Å². The fourth-order valence-corrected chi connectivity index (χ4v) is 3.42. The first-order valence-electron chi connectivity index (χ1n) is 8.30. The highest BCUT2D eigenvalue weighted by Gasteiger charge is 2.40. The van der Waals surface area contributed by atoms with Crippen LogP contribution in [0, 0.1) is 0 Å². The normalized spacial score (nSPS) is 21.6. The minimum Gasteiger partial charge on any atom is -0.444 e. The van der Waals surface area contributed by atoms with Crippen LogP contribution >= 0.6 is 11.6 Å². The molecule has 1 fully saturated rings. The number of rotatable bonds is 3. The van der Waals surface area contributed by atoms with E-state index in [0.29, 0.717) is 31.1 Å². The molecular formula is C18H28ClN3O2. The Labute approximate surface area is 149 Å². The van der Waals surface area contributed by atoms with E-state index >= 15 is 0 Å². The first-order chi connectivity index (χ1) is 11.2. The number of carbonyl (C=O) groups is 1. The van der Waals surface area contributed by atoms with Gasteiger partial charge in [0.15, 0.2) is 0 Å². The van der Waals surface area contributed by atoms with Gasteiger partial charge >= 0.3 is 6.09 Å². The van der Waals surface area contributed by atoms with Crippen molar-refractivity contribution in [1.82, 2.24) is 10.2 Å². The fraction of sp³-hybridized carbons (Fsp3) is 0.611. The van der Waals surface area contributed by atoms with Crippen LogP contribution in [-0.2, 0) is 17.0 Å².